The van der Waals surface area contributed by atoms with Crippen LogP contribution in [0.15, 0.2) is 42.7 Å². The second-order valence-electron chi connectivity index (χ2n) is 5.53. The molecule has 0 saturated carbocycles. The second kappa shape index (κ2) is 5.62. The zero-order valence-electron chi connectivity index (χ0n) is 12.0. The van der Waals surface area contributed by atoms with Gasteiger partial charge in [0.2, 0.25) is 0 Å². The van der Waals surface area contributed by atoms with Crippen molar-refractivity contribution in [2.24, 2.45) is 0 Å². The van der Waals surface area contributed by atoms with E-state index in [1.165, 1.54) is 6.07 Å². The Morgan fingerprint density at radius 1 is 1.13 bits per heavy atom. The van der Waals surface area contributed by atoms with Crippen LogP contribution < -0.4 is 0 Å². The summed E-state index contributed by atoms with van der Waals surface area (Å²) in [5.74, 6) is 0.486. The highest BCUT2D eigenvalue weighted by Gasteiger charge is 2.28. The lowest BCUT2D eigenvalue weighted by molar-refractivity contribution is 0.582. The maximum absolute atomic E-state index is 14.0. The van der Waals surface area contributed by atoms with Crippen molar-refractivity contribution in [2.45, 2.75) is 18.9 Å². The Kier molecular flexibility index (Phi) is 3.58. The lowest BCUT2D eigenvalue weighted by Gasteiger charge is -2.16. The molecule has 23 heavy (non-hydrogen) atoms. The lowest BCUT2D eigenvalue weighted by atomic mass is 10.1. The first-order chi connectivity index (χ1) is 11.2. The van der Waals surface area contributed by atoms with Crippen LogP contribution in [0.5, 0.6) is 0 Å². The molecule has 3 aromatic rings. The van der Waals surface area contributed by atoms with Gasteiger partial charge < -0.3 is 4.57 Å². The summed E-state index contributed by atoms with van der Waals surface area (Å²) in [4.78, 5) is 0. The van der Waals surface area contributed by atoms with Gasteiger partial charge in [0.15, 0.2) is 5.82 Å². The zero-order chi connectivity index (χ0) is 16.0. The molecule has 0 aliphatic heterocycles. The Morgan fingerprint density at radius 3 is 2.83 bits per heavy atom. The summed E-state index contributed by atoms with van der Waals surface area (Å²) in [6.45, 7) is 0. The molecule has 0 spiro atoms. The van der Waals surface area contributed by atoms with E-state index in [1.54, 1.807) is 18.5 Å². The Hall–Kier alpha value is -1.91. The summed E-state index contributed by atoms with van der Waals surface area (Å²) in [5, 5.41) is 9.15. The number of rotatable bonds is 2. The number of hydrogen-bond acceptors (Lipinski definition) is 2. The topological polar surface area (TPSA) is 30.7 Å². The third-order valence-corrected chi connectivity index (χ3v) is 5.10. The van der Waals surface area contributed by atoms with Crippen molar-refractivity contribution in [3.63, 3.8) is 0 Å². The molecule has 6 heteroatoms. The van der Waals surface area contributed by atoms with Gasteiger partial charge in [0, 0.05) is 5.56 Å². The molecule has 0 saturated heterocycles. The summed E-state index contributed by atoms with van der Waals surface area (Å²) in [5.41, 5.74) is 2.47. The third kappa shape index (κ3) is 2.33. The molecule has 0 bridgehead atoms. The monoisotopic (exact) mass is 347 g/mol. The fourth-order valence-corrected chi connectivity index (χ4v) is 3.60. The molecule has 116 valence electrons. The van der Waals surface area contributed by atoms with E-state index >= 15 is 0 Å². The maximum atomic E-state index is 14.0. The smallest absolute Gasteiger partial charge is 0.165 e. The highest BCUT2D eigenvalue weighted by molar-refractivity contribution is 6.43. The Morgan fingerprint density at radius 2 is 1.96 bits per heavy atom. The molecule has 1 atom stereocenters. The average molecular weight is 348 g/mol. The number of benzene rings is 2. The van der Waals surface area contributed by atoms with Crippen LogP contribution in [0, 0.1) is 5.82 Å². The Bertz CT molecular complexity index is 891. The average Bonchev–Trinajstić information content (AvgIpc) is 3.16. The van der Waals surface area contributed by atoms with Crippen molar-refractivity contribution in [1.29, 1.82) is 0 Å². The molecule has 1 heterocycles. The molecular weight excluding hydrogens is 336 g/mol. The van der Waals surface area contributed by atoms with Gasteiger partial charge in [-0.05, 0) is 42.2 Å². The zero-order valence-corrected chi connectivity index (χ0v) is 13.5. The number of hydrogen-bond donors (Lipinski definition) is 0. The molecule has 1 aliphatic carbocycles. The van der Waals surface area contributed by atoms with Crippen LogP contribution in [0.1, 0.15) is 23.6 Å². The van der Waals surface area contributed by atoms with E-state index in [1.807, 2.05) is 22.8 Å². The molecule has 1 aromatic heterocycles. The fraction of sp³-hybridized carbons (Fsp3) is 0.176. The van der Waals surface area contributed by atoms with Crippen LogP contribution in [0.3, 0.4) is 0 Å². The molecule has 0 N–H and O–H groups in total. The number of aromatic nitrogens is 3. The van der Waals surface area contributed by atoms with E-state index in [9.17, 15) is 4.39 Å². The number of halogens is 3. The van der Waals surface area contributed by atoms with Crippen molar-refractivity contribution in [3.05, 3.63) is 69.7 Å². The predicted molar refractivity (Wildman–Crippen MR) is 88.3 cm³/mol. The van der Waals surface area contributed by atoms with E-state index in [0.29, 0.717) is 22.3 Å². The Balaban J connectivity index is 1.84. The summed E-state index contributed by atoms with van der Waals surface area (Å²) < 4.78 is 15.9. The third-order valence-electron chi connectivity index (χ3n) is 4.28. The molecular formula is C17H12Cl2FN3. The second-order valence-corrected chi connectivity index (χ2v) is 6.31. The molecule has 0 fully saturated rings. The minimum absolute atomic E-state index is 0.000693. The van der Waals surface area contributed by atoms with E-state index in [-0.39, 0.29) is 11.9 Å². The van der Waals surface area contributed by atoms with Crippen LogP contribution in [-0.2, 0) is 6.42 Å². The van der Waals surface area contributed by atoms with Gasteiger partial charge in [-0.1, -0.05) is 41.4 Å². The summed E-state index contributed by atoms with van der Waals surface area (Å²) in [6, 6.07) is 10.6. The normalized spacial score (nSPS) is 16.6. The molecule has 1 unspecified atom stereocenters. The summed E-state index contributed by atoms with van der Waals surface area (Å²) in [6.07, 6.45) is 3.17. The van der Waals surface area contributed by atoms with Gasteiger partial charge in [-0.2, -0.15) is 0 Å². The van der Waals surface area contributed by atoms with Gasteiger partial charge >= 0.3 is 0 Å². The van der Waals surface area contributed by atoms with Crippen molar-refractivity contribution in [3.8, 4) is 11.4 Å². The minimum atomic E-state index is -0.152. The highest BCUT2D eigenvalue weighted by Crippen LogP contribution is 2.39. The van der Waals surface area contributed by atoms with Crippen LogP contribution in [0.4, 0.5) is 4.39 Å². The summed E-state index contributed by atoms with van der Waals surface area (Å²) >= 11 is 12.4. The standard InChI is InChI=1S/C17H12Cl2FN3/c18-13-5-1-4-12(16(13)19)17-22-21-9-23(17)15-8-7-10-11(15)3-2-6-14(10)20/h1-6,9,15H,7-8H2. The van der Waals surface area contributed by atoms with E-state index in [0.717, 1.165) is 23.1 Å². The van der Waals surface area contributed by atoms with Gasteiger partial charge in [0.1, 0.15) is 12.1 Å². The van der Waals surface area contributed by atoms with Crippen LogP contribution >= 0.6 is 23.2 Å². The molecule has 3 nitrogen and oxygen atoms in total. The van der Waals surface area contributed by atoms with Gasteiger partial charge in [0.25, 0.3) is 0 Å². The van der Waals surface area contributed by atoms with Crippen molar-refractivity contribution < 1.29 is 4.39 Å². The van der Waals surface area contributed by atoms with Crippen LogP contribution in [0.2, 0.25) is 10.0 Å². The number of fused-ring (bicyclic) bond motifs is 1. The van der Waals surface area contributed by atoms with Gasteiger partial charge in [-0.15, -0.1) is 10.2 Å². The lowest BCUT2D eigenvalue weighted by Crippen LogP contribution is -2.08. The highest BCUT2D eigenvalue weighted by atomic mass is 35.5. The first kappa shape index (κ1) is 14.7. The first-order valence-corrected chi connectivity index (χ1v) is 8.03. The molecule has 4 rings (SSSR count). The SMILES string of the molecule is Fc1cccc2c1CCC2n1cnnc1-c1cccc(Cl)c1Cl. The summed E-state index contributed by atoms with van der Waals surface area (Å²) in [7, 11) is 0. The van der Waals surface area contributed by atoms with Crippen LogP contribution in [-0.4, -0.2) is 14.8 Å². The molecule has 0 radical (unpaired) electrons. The predicted octanol–water partition coefficient (Wildman–Crippen LogP) is 4.93. The van der Waals surface area contributed by atoms with Gasteiger partial charge in [0.05, 0.1) is 16.1 Å². The van der Waals surface area contributed by atoms with E-state index in [2.05, 4.69) is 10.2 Å². The Labute approximate surface area is 142 Å². The van der Waals surface area contributed by atoms with E-state index < -0.39 is 0 Å². The molecule has 0 amide bonds. The van der Waals surface area contributed by atoms with Gasteiger partial charge in [-0.3, -0.25) is 0 Å². The largest absolute Gasteiger partial charge is 0.306 e. The van der Waals surface area contributed by atoms with Gasteiger partial charge in [-0.25, -0.2) is 4.39 Å². The van der Waals surface area contributed by atoms with Crippen LogP contribution in [0.25, 0.3) is 11.4 Å². The van der Waals surface area contributed by atoms with E-state index in [4.69, 9.17) is 23.2 Å². The quantitative estimate of drug-likeness (QED) is 0.658. The minimum Gasteiger partial charge on any atom is -0.306 e. The fourth-order valence-electron chi connectivity index (χ4n) is 3.22. The maximum Gasteiger partial charge on any atom is 0.165 e. The van der Waals surface area contributed by atoms with Crippen molar-refractivity contribution in [2.75, 3.05) is 0 Å². The van der Waals surface area contributed by atoms with Crippen molar-refractivity contribution in [1.82, 2.24) is 14.8 Å². The molecule has 2 aromatic carbocycles. The molecule has 1 aliphatic rings. The first-order valence-electron chi connectivity index (χ1n) is 7.28. The number of nitrogens with zero attached hydrogens (tertiary/aromatic N) is 3. The van der Waals surface area contributed by atoms with Crippen molar-refractivity contribution >= 4 is 23.2 Å².